The molecule has 0 spiro atoms. The van der Waals surface area contributed by atoms with Gasteiger partial charge in [0.25, 0.3) is 10.9 Å². The predicted molar refractivity (Wildman–Crippen MR) is 102 cm³/mol. The van der Waals surface area contributed by atoms with E-state index < -0.39 is 4.92 Å². The van der Waals surface area contributed by atoms with Crippen molar-refractivity contribution < 1.29 is 9.72 Å². The third kappa shape index (κ3) is 8.17. The summed E-state index contributed by atoms with van der Waals surface area (Å²) in [6.07, 6.45) is 0. The lowest BCUT2D eigenvalue weighted by atomic mass is 10.1. The number of halogens is 2. The van der Waals surface area contributed by atoms with Gasteiger partial charge in [-0.1, -0.05) is 31.9 Å². The topological polar surface area (TPSA) is 63.5 Å². The summed E-state index contributed by atoms with van der Waals surface area (Å²) in [5.74, 6) is 0. The molecule has 1 aromatic carbocycles. The van der Waals surface area contributed by atoms with Gasteiger partial charge in [0.05, 0.1) is 4.92 Å². The molecule has 1 amide bonds. The van der Waals surface area contributed by atoms with Gasteiger partial charge < -0.3 is 4.90 Å². The van der Waals surface area contributed by atoms with Crippen molar-refractivity contribution in [2.24, 2.45) is 0 Å². The number of thioether (sulfide) groups is 1. The molecule has 0 aliphatic heterocycles. The second kappa shape index (κ2) is 7.98. The van der Waals surface area contributed by atoms with E-state index in [4.69, 9.17) is 0 Å². The average molecular weight is 468 g/mol. The molecular formula is C15H20Br2N2O3S. The van der Waals surface area contributed by atoms with E-state index in [0.717, 1.165) is 11.8 Å². The summed E-state index contributed by atoms with van der Waals surface area (Å²) in [6.45, 7) is 9.13. The SMILES string of the molecule is CC(C)(Br)CN(CC(C)(C)Br)C(=O)Sc1ccc([N+](=O)[O-])cc1. The molecule has 0 bridgehead atoms. The molecule has 0 atom stereocenters. The second-order valence-corrected chi connectivity index (χ2v) is 11.7. The van der Waals surface area contributed by atoms with Crippen LogP contribution in [0.3, 0.4) is 0 Å². The van der Waals surface area contributed by atoms with Gasteiger partial charge in [-0.3, -0.25) is 14.9 Å². The number of rotatable bonds is 6. The van der Waals surface area contributed by atoms with Crippen LogP contribution in [0.1, 0.15) is 27.7 Å². The van der Waals surface area contributed by atoms with Gasteiger partial charge in [-0.25, -0.2) is 0 Å². The van der Waals surface area contributed by atoms with Crippen LogP contribution in [0.4, 0.5) is 10.5 Å². The van der Waals surface area contributed by atoms with Crippen molar-refractivity contribution in [3.63, 3.8) is 0 Å². The summed E-state index contributed by atoms with van der Waals surface area (Å²) >= 11 is 8.22. The Kier molecular flexibility index (Phi) is 7.10. The van der Waals surface area contributed by atoms with E-state index >= 15 is 0 Å². The minimum Gasteiger partial charge on any atom is -0.331 e. The van der Waals surface area contributed by atoms with Crippen molar-refractivity contribution >= 4 is 54.5 Å². The van der Waals surface area contributed by atoms with E-state index in [1.54, 1.807) is 17.0 Å². The zero-order valence-electron chi connectivity index (χ0n) is 13.5. The number of hydrogen-bond acceptors (Lipinski definition) is 4. The molecule has 0 radical (unpaired) electrons. The van der Waals surface area contributed by atoms with E-state index in [0.29, 0.717) is 18.0 Å². The van der Waals surface area contributed by atoms with Gasteiger partial charge in [0.15, 0.2) is 0 Å². The summed E-state index contributed by atoms with van der Waals surface area (Å²) in [5.41, 5.74) is 0.0156. The lowest BCUT2D eigenvalue weighted by Gasteiger charge is -2.32. The van der Waals surface area contributed by atoms with Gasteiger partial charge >= 0.3 is 0 Å². The highest BCUT2D eigenvalue weighted by molar-refractivity contribution is 9.10. The quantitative estimate of drug-likeness (QED) is 0.241. The molecule has 0 aliphatic rings. The van der Waals surface area contributed by atoms with Crippen LogP contribution in [0, 0.1) is 10.1 Å². The van der Waals surface area contributed by atoms with Crippen molar-refractivity contribution in [1.82, 2.24) is 4.90 Å². The van der Waals surface area contributed by atoms with Crippen molar-refractivity contribution in [2.45, 2.75) is 41.2 Å². The maximum absolute atomic E-state index is 12.6. The first-order valence-corrected chi connectivity index (χ1v) is 9.37. The molecule has 0 saturated heterocycles. The lowest BCUT2D eigenvalue weighted by Crippen LogP contribution is -2.43. The van der Waals surface area contributed by atoms with Crippen molar-refractivity contribution in [3.8, 4) is 0 Å². The Balaban J connectivity index is 2.85. The number of non-ortho nitro benzene ring substituents is 1. The Labute approximate surface area is 157 Å². The third-order valence-electron chi connectivity index (χ3n) is 2.64. The average Bonchev–Trinajstić information content (AvgIpc) is 2.35. The Morgan fingerprint density at radius 1 is 1.13 bits per heavy atom. The molecule has 0 heterocycles. The maximum Gasteiger partial charge on any atom is 0.286 e. The summed E-state index contributed by atoms with van der Waals surface area (Å²) in [4.78, 5) is 25.3. The van der Waals surface area contributed by atoms with Crippen LogP contribution >= 0.6 is 43.6 Å². The number of nitro groups is 1. The molecule has 0 unspecified atom stereocenters. The summed E-state index contributed by atoms with van der Waals surface area (Å²) in [6, 6.07) is 6.00. The van der Waals surface area contributed by atoms with Crippen LogP contribution < -0.4 is 0 Å². The van der Waals surface area contributed by atoms with Gasteiger partial charge in [0.1, 0.15) is 0 Å². The molecule has 1 rings (SSSR count). The second-order valence-electron chi connectivity index (χ2n) is 6.41. The minimum atomic E-state index is -0.455. The zero-order valence-corrected chi connectivity index (χ0v) is 17.5. The molecule has 0 fully saturated rings. The minimum absolute atomic E-state index is 0.0156. The van der Waals surface area contributed by atoms with Crippen molar-refractivity contribution in [2.75, 3.05) is 13.1 Å². The van der Waals surface area contributed by atoms with Crippen LogP contribution in [-0.4, -0.2) is 36.8 Å². The number of carbonyl (C=O) groups is 1. The van der Waals surface area contributed by atoms with Gasteiger partial charge in [0.2, 0.25) is 0 Å². The van der Waals surface area contributed by atoms with E-state index in [2.05, 4.69) is 31.9 Å². The van der Waals surface area contributed by atoms with E-state index in [9.17, 15) is 14.9 Å². The van der Waals surface area contributed by atoms with Gasteiger partial charge in [-0.05, 0) is 51.6 Å². The smallest absolute Gasteiger partial charge is 0.286 e. The highest BCUT2D eigenvalue weighted by Crippen LogP contribution is 2.29. The monoisotopic (exact) mass is 466 g/mol. The van der Waals surface area contributed by atoms with E-state index in [-0.39, 0.29) is 19.6 Å². The first kappa shape index (κ1) is 20.4. The lowest BCUT2D eigenvalue weighted by molar-refractivity contribution is -0.384. The van der Waals surface area contributed by atoms with Crippen LogP contribution in [0.15, 0.2) is 29.2 Å². The van der Waals surface area contributed by atoms with Crippen molar-refractivity contribution in [1.29, 1.82) is 0 Å². The number of carbonyl (C=O) groups excluding carboxylic acids is 1. The van der Waals surface area contributed by atoms with E-state index in [1.807, 2.05) is 27.7 Å². The van der Waals surface area contributed by atoms with Crippen LogP contribution in [0.25, 0.3) is 0 Å². The molecule has 0 N–H and O–H groups in total. The number of alkyl halides is 2. The highest BCUT2D eigenvalue weighted by Gasteiger charge is 2.27. The molecule has 5 nitrogen and oxygen atoms in total. The van der Waals surface area contributed by atoms with Crippen LogP contribution in [0.2, 0.25) is 0 Å². The summed E-state index contributed by atoms with van der Waals surface area (Å²) in [7, 11) is 0. The van der Waals surface area contributed by atoms with E-state index in [1.165, 1.54) is 12.1 Å². The normalized spacial score (nSPS) is 12.1. The molecule has 0 aliphatic carbocycles. The largest absolute Gasteiger partial charge is 0.331 e. The Hall–Kier alpha value is -0.600. The first-order chi connectivity index (χ1) is 10.4. The standard InChI is InChI=1S/C15H20Br2N2O3S/c1-14(2,16)9-18(10-15(3,4)17)13(20)23-12-7-5-11(6-8-12)19(21)22/h5-8H,9-10H2,1-4H3. The van der Waals surface area contributed by atoms with Crippen LogP contribution in [0.5, 0.6) is 0 Å². The number of hydrogen-bond donors (Lipinski definition) is 0. The number of benzene rings is 1. The fourth-order valence-corrected chi connectivity index (χ4v) is 3.23. The third-order valence-corrected chi connectivity index (χ3v) is 4.09. The van der Waals surface area contributed by atoms with Crippen LogP contribution in [-0.2, 0) is 0 Å². The fraction of sp³-hybridized carbons (Fsp3) is 0.533. The predicted octanol–water partition coefficient (Wildman–Crippen LogP) is 5.46. The van der Waals surface area contributed by atoms with Crippen molar-refractivity contribution in [3.05, 3.63) is 34.4 Å². The molecule has 0 aromatic heterocycles. The zero-order chi connectivity index (χ0) is 17.8. The fourth-order valence-electron chi connectivity index (χ4n) is 1.89. The maximum atomic E-state index is 12.6. The Morgan fingerprint density at radius 2 is 1.57 bits per heavy atom. The molecule has 128 valence electrons. The van der Waals surface area contributed by atoms with Gasteiger partial charge in [-0.15, -0.1) is 0 Å². The van der Waals surface area contributed by atoms with Gasteiger partial charge in [0, 0.05) is 38.8 Å². The molecular weight excluding hydrogens is 448 g/mol. The molecule has 1 aromatic rings. The Bertz CT molecular complexity index is 550. The summed E-state index contributed by atoms with van der Waals surface area (Å²) in [5, 5.41) is 10.6. The number of amides is 1. The van der Waals surface area contributed by atoms with Gasteiger partial charge in [-0.2, -0.15) is 0 Å². The number of nitrogens with zero attached hydrogens (tertiary/aromatic N) is 2. The molecule has 23 heavy (non-hydrogen) atoms. The highest BCUT2D eigenvalue weighted by atomic mass is 79.9. The summed E-state index contributed by atoms with van der Waals surface area (Å²) < 4.78 is -0.395. The number of nitro benzene ring substituents is 1. The molecule has 0 saturated carbocycles. The first-order valence-electron chi connectivity index (χ1n) is 6.96. The molecule has 8 heteroatoms. The Morgan fingerprint density at radius 3 is 1.91 bits per heavy atom.